The normalized spacial score (nSPS) is 16.9. The molecule has 0 spiro atoms. The number of aromatic nitrogens is 1. The van der Waals surface area contributed by atoms with E-state index in [-0.39, 0.29) is 28.9 Å². The number of piperidine rings is 1. The number of anilines is 1. The van der Waals surface area contributed by atoms with Crippen molar-refractivity contribution < 1.29 is 14.3 Å². The van der Waals surface area contributed by atoms with Crippen molar-refractivity contribution in [3.05, 3.63) is 67.8 Å². The van der Waals surface area contributed by atoms with Crippen LogP contribution in [0.25, 0.3) is 6.08 Å². The summed E-state index contributed by atoms with van der Waals surface area (Å²) in [6.45, 7) is 8.00. The van der Waals surface area contributed by atoms with E-state index in [2.05, 4.69) is 17.9 Å². The lowest BCUT2D eigenvalue weighted by Gasteiger charge is -2.35. The Bertz CT molecular complexity index is 1440. The molecule has 2 saturated heterocycles. The van der Waals surface area contributed by atoms with E-state index in [1.165, 1.54) is 11.8 Å². The number of rotatable bonds is 10. The first kappa shape index (κ1) is 30.5. The third-order valence-corrected chi connectivity index (χ3v) is 8.99. The number of nitrogens with zero attached hydrogens (tertiary/aromatic N) is 4. The van der Waals surface area contributed by atoms with Crippen LogP contribution in [-0.4, -0.2) is 51.9 Å². The minimum Gasteiger partial charge on any atom is -0.466 e. The average molecular weight is 593 g/mol. The Labute approximate surface area is 251 Å². The second-order valence-electron chi connectivity index (χ2n) is 10.2. The smallest absolute Gasteiger partial charge is 0.309 e. The van der Waals surface area contributed by atoms with Crippen molar-refractivity contribution in [1.82, 2.24) is 9.47 Å². The van der Waals surface area contributed by atoms with Gasteiger partial charge in [-0.25, -0.2) is 0 Å². The van der Waals surface area contributed by atoms with Gasteiger partial charge in [-0.15, -0.1) is 0 Å². The Morgan fingerprint density at radius 1 is 1.17 bits per heavy atom. The summed E-state index contributed by atoms with van der Waals surface area (Å²) in [5.74, 6) is 0.140. The number of thiocarbonyl (C=S) groups is 1. The van der Waals surface area contributed by atoms with Crippen LogP contribution in [0.2, 0.25) is 0 Å². The lowest BCUT2D eigenvalue weighted by Crippen LogP contribution is -2.41. The molecule has 1 aromatic carbocycles. The van der Waals surface area contributed by atoms with Crippen LogP contribution in [0.4, 0.5) is 5.82 Å². The van der Waals surface area contributed by atoms with Gasteiger partial charge in [0.1, 0.15) is 21.8 Å². The van der Waals surface area contributed by atoms with E-state index in [1.807, 2.05) is 30.3 Å². The molecule has 0 atom stereocenters. The number of thioether (sulfide) groups is 1. The van der Waals surface area contributed by atoms with E-state index >= 15 is 0 Å². The second-order valence-corrected chi connectivity index (χ2v) is 11.9. The topological polar surface area (TPSA) is 95.6 Å². The molecule has 41 heavy (non-hydrogen) atoms. The molecule has 216 valence electrons. The average Bonchev–Trinajstić information content (AvgIpc) is 3.25. The van der Waals surface area contributed by atoms with Gasteiger partial charge in [0.2, 0.25) is 0 Å². The summed E-state index contributed by atoms with van der Waals surface area (Å²) < 4.78 is 7.42. The van der Waals surface area contributed by atoms with E-state index in [0.29, 0.717) is 78.2 Å². The van der Waals surface area contributed by atoms with Gasteiger partial charge < -0.3 is 9.64 Å². The van der Waals surface area contributed by atoms with Crippen LogP contribution in [0.15, 0.2) is 40.0 Å². The number of benzene rings is 1. The van der Waals surface area contributed by atoms with Crippen LogP contribution in [0.5, 0.6) is 0 Å². The first-order chi connectivity index (χ1) is 19.8. The Balaban J connectivity index is 1.72. The molecule has 2 aromatic rings. The predicted molar refractivity (Wildman–Crippen MR) is 167 cm³/mol. The summed E-state index contributed by atoms with van der Waals surface area (Å²) >= 11 is 6.84. The number of carbonyl (C=O) groups excluding carboxylic acids is 2. The van der Waals surface area contributed by atoms with E-state index in [4.69, 9.17) is 17.0 Å². The van der Waals surface area contributed by atoms with Crippen molar-refractivity contribution in [2.24, 2.45) is 5.92 Å². The molecule has 0 aliphatic carbocycles. The second kappa shape index (κ2) is 14.0. The molecule has 0 N–H and O–H groups in total. The van der Waals surface area contributed by atoms with Crippen LogP contribution < -0.4 is 10.5 Å². The van der Waals surface area contributed by atoms with Crippen molar-refractivity contribution >= 4 is 52.1 Å². The summed E-state index contributed by atoms with van der Waals surface area (Å²) in [5, 5.41) is 9.95. The molecule has 8 nitrogen and oxygen atoms in total. The largest absolute Gasteiger partial charge is 0.466 e. The molecular weight excluding hydrogens is 556 g/mol. The highest BCUT2D eigenvalue weighted by atomic mass is 32.2. The molecular formula is C31H36N4O4S2. The molecule has 2 aliphatic rings. The van der Waals surface area contributed by atoms with Gasteiger partial charge in [0.25, 0.3) is 11.5 Å². The predicted octanol–water partition coefficient (Wildman–Crippen LogP) is 5.05. The number of hydrogen-bond acceptors (Lipinski definition) is 8. The standard InChI is InChI=1S/C31H36N4O4S2/c1-4-6-15-34-27(33-16-13-23(14-17-33)30(38)39-5-2)24(21(3)25(20-32)28(34)36)19-26-29(37)35(31(40)41-26)18-12-22-10-8-7-9-11-22/h7-11,19,23H,4-6,12-18H2,1-3H3/b26-19+. The van der Waals surface area contributed by atoms with Crippen LogP contribution in [-0.2, 0) is 27.3 Å². The van der Waals surface area contributed by atoms with Crippen LogP contribution in [0.1, 0.15) is 61.8 Å². The lowest BCUT2D eigenvalue weighted by atomic mass is 9.95. The van der Waals surface area contributed by atoms with Crippen LogP contribution in [0.3, 0.4) is 0 Å². The summed E-state index contributed by atoms with van der Waals surface area (Å²) in [6, 6.07) is 12.1. The monoisotopic (exact) mass is 592 g/mol. The Hall–Kier alpha value is -3.42. The van der Waals surface area contributed by atoms with Crippen molar-refractivity contribution in [2.45, 2.75) is 59.4 Å². The van der Waals surface area contributed by atoms with Gasteiger partial charge in [0.05, 0.1) is 17.4 Å². The fourth-order valence-electron chi connectivity index (χ4n) is 5.31. The third-order valence-electron chi connectivity index (χ3n) is 7.61. The molecule has 0 unspecified atom stereocenters. The van der Waals surface area contributed by atoms with E-state index in [0.717, 1.165) is 18.4 Å². The van der Waals surface area contributed by atoms with E-state index in [9.17, 15) is 19.6 Å². The maximum Gasteiger partial charge on any atom is 0.309 e. The van der Waals surface area contributed by atoms with Gasteiger partial charge in [0.15, 0.2) is 0 Å². The van der Waals surface area contributed by atoms with Crippen molar-refractivity contribution in [1.29, 1.82) is 5.26 Å². The number of ether oxygens (including phenoxy) is 1. The molecule has 2 aliphatic heterocycles. The molecule has 1 amide bonds. The summed E-state index contributed by atoms with van der Waals surface area (Å²) in [6.07, 6.45) is 5.32. The zero-order chi connectivity index (χ0) is 29.5. The SMILES string of the molecule is CCCCn1c(N2CCC(C(=O)OCC)CC2)c(/C=C2/SC(=S)N(CCc3ccccc3)C2=O)c(C)c(C#N)c1=O. The molecule has 0 radical (unpaired) electrons. The maximum absolute atomic E-state index is 13.5. The minimum atomic E-state index is -0.325. The zero-order valence-corrected chi connectivity index (χ0v) is 25.5. The Morgan fingerprint density at radius 2 is 1.88 bits per heavy atom. The molecule has 4 rings (SSSR count). The number of unbranched alkanes of at least 4 members (excludes halogenated alkanes) is 1. The molecule has 1 aromatic heterocycles. The van der Waals surface area contributed by atoms with E-state index < -0.39 is 0 Å². The maximum atomic E-state index is 13.5. The van der Waals surface area contributed by atoms with E-state index in [1.54, 1.807) is 29.4 Å². The molecule has 0 saturated carbocycles. The number of amides is 1. The quantitative estimate of drug-likeness (QED) is 0.215. The zero-order valence-electron chi connectivity index (χ0n) is 23.9. The Morgan fingerprint density at radius 3 is 2.51 bits per heavy atom. The van der Waals surface area contributed by atoms with Gasteiger partial charge in [-0.3, -0.25) is 23.9 Å². The third kappa shape index (κ3) is 6.74. The van der Waals surface area contributed by atoms with Crippen molar-refractivity contribution in [3.8, 4) is 6.07 Å². The van der Waals surface area contributed by atoms with Crippen molar-refractivity contribution in [3.63, 3.8) is 0 Å². The Kier molecular flexibility index (Phi) is 10.4. The van der Waals surface area contributed by atoms with Crippen LogP contribution in [0, 0.1) is 24.2 Å². The number of nitriles is 1. The number of carbonyl (C=O) groups is 2. The number of esters is 1. The van der Waals surface area contributed by atoms with Gasteiger partial charge in [-0.1, -0.05) is 67.7 Å². The fourth-order valence-corrected chi connectivity index (χ4v) is 6.60. The highest BCUT2D eigenvalue weighted by molar-refractivity contribution is 8.26. The molecule has 10 heteroatoms. The minimum absolute atomic E-state index is 0.0806. The molecule has 2 fully saturated rings. The fraction of sp³-hybridized carbons (Fsp3) is 0.452. The van der Waals surface area contributed by atoms with Gasteiger partial charge in [-0.2, -0.15) is 5.26 Å². The number of hydrogen-bond donors (Lipinski definition) is 0. The van der Waals surface area contributed by atoms with Gasteiger partial charge in [0, 0.05) is 31.7 Å². The molecule has 0 bridgehead atoms. The molecule has 3 heterocycles. The highest BCUT2D eigenvalue weighted by Crippen LogP contribution is 2.37. The van der Waals surface area contributed by atoms with Gasteiger partial charge in [-0.05, 0) is 56.7 Å². The summed E-state index contributed by atoms with van der Waals surface area (Å²) in [7, 11) is 0. The van der Waals surface area contributed by atoms with Gasteiger partial charge >= 0.3 is 5.97 Å². The number of pyridine rings is 1. The van der Waals surface area contributed by atoms with Crippen LogP contribution >= 0.6 is 24.0 Å². The summed E-state index contributed by atoms with van der Waals surface area (Å²) in [5.41, 5.74) is 2.10. The lowest BCUT2D eigenvalue weighted by molar-refractivity contribution is -0.148. The summed E-state index contributed by atoms with van der Waals surface area (Å²) in [4.78, 5) is 43.7. The van der Waals surface area contributed by atoms with Crippen molar-refractivity contribution in [2.75, 3.05) is 31.1 Å². The first-order valence-electron chi connectivity index (χ1n) is 14.2. The highest BCUT2D eigenvalue weighted by Gasteiger charge is 2.34. The first-order valence-corrected chi connectivity index (χ1v) is 15.4.